The van der Waals surface area contributed by atoms with Gasteiger partial charge in [0.15, 0.2) is 11.8 Å². The van der Waals surface area contributed by atoms with Gasteiger partial charge in [-0.25, -0.2) is 0 Å². The first-order valence-electron chi connectivity index (χ1n) is 8.24. The van der Waals surface area contributed by atoms with Crippen molar-refractivity contribution in [3.8, 4) is 22.4 Å². The van der Waals surface area contributed by atoms with Crippen molar-refractivity contribution in [2.24, 2.45) is 16.5 Å². The molecule has 0 aliphatic carbocycles. The Bertz CT molecular complexity index is 1090. The van der Waals surface area contributed by atoms with Gasteiger partial charge < -0.3 is 11.5 Å². The van der Waals surface area contributed by atoms with E-state index in [9.17, 15) is 0 Å². The fraction of sp³-hybridized carbons (Fsp3) is 0. The second-order valence-corrected chi connectivity index (χ2v) is 5.87. The predicted molar refractivity (Wildman–Crippen MR) is 106 cm³/mol. The van der Waals surface area contributed by atoms with Crippen LogP contribution in [0.5, 0.6) is 0 Å². The third kappa shape index (κ3) is 2.86. The molecular formula is C21H17N5. The first-order valence-corrected chi connectivity index (χ1v) is 8.24. The second-order valence-electron chi connectivity index (χ2n) is 5.87. The molecule has 1 heterocycles. The molecule has 0 fully saturated rings. The molecule has 4 aromatic rings. The number of hydrogen-bond acceptors (Lipinski definition) is 3. The van der Waals surface area contributed by atoms with Crippen LogP contribution in [0.25, 0.3) is 33.2 Å². The molecule has 0 saturated heterocycles. The summed E-state index contributed by atoms with van der Waals surface area (Å²) in [6.45, 7) is 0. The van der Waals surface area contributed by atoms with Gasteiger partial charge >= 0.3 is 0 Å². The highest BCUT2D eigenvalue weighted by Gasteiger charge is 2.15. The molecule has 0 aliphatic heterocycles. The molecule has 0 saturated carbocycles. The molecule has 4 rings (SSSR count). The molecule has 3 aromatic carbocycles. The molecule has 0 radical (unpaired) electrons. The van der Waals surface area contributed by atoms with Gasteiger partial charge in [-0.15, -0.1) is 10.2 Å². The predicted octanol–water partition coefficient (Wildman–Crippen LogP) is 3.87. The molecule has 0 aliphatic rings. The number of aromatic nitrogens is 2. The van der Waals surface area contributed by atoms with Crippen LogP contribution in [-0.4, -0.2) is 16.2 Å². The fourth-order valence-electron chi connectivity index (χ4n) is 3.06. The van der Waals surface area contributed by atoms with Crippen LogP contribution in [-0.2, 0) is 0 Å². The van der Waals surface area contributed by atoms with E-state index >= 15 is 0 Å². The van der Waals surface area contributed by atoms with Crippen LogP contribution in [0.2, 0.25) is 0 Å². The van der Waals surface area contributed by atoms with Gasteiger partial charge in [0, 0.05) is 16.3 Å². The monoisotopic (exact) mass is 339 g/mol. The summed E-state index contributed by atoms with van der Waals surface area (Å²) in [5, 5.41) is 10.5. The lowest BCUT2D eigenvalue weighted by Crippen LogP contribution is -2.22. The van der Waals surface area contributed by atoms with Crippen molar-refractivity contribution in [3.05, 3.63) is 78.9 Å². The third-order valence-corrected chi connectivity index (χ3v) is 4.15. The first-order chi connectivity index (χ1) is 12.7. The number of hydrogen-bond donors (Lipinski definition) is 2. The van der Waals surface area contributed by atoms with Gasteiger partial charge in [-0.2, -0.15) is 4.99 Å². The number of guanidine groups is 1. The van der Waals surface area contributed by atoms with Crippen LogP contribution < -0.4 is 11.5 Å². The van der Waals surface area contributed by atoms with Crippen LogP contribution in [0.15, 0.2) is 83.9 Å². The number of fused-ring (bicyclic) bond motifs is 1. The molecule has 126 valence electrons. The Labute approximate surface area is 151 Å². The largest absolute Gasteiger partial charge is 0.370 e. The minimum absolute atomic E-state index is 0.0454. The standard InChI is InChI=1S/C21H17N5/c22-21(23)24-20-18-16(14-8-3-1-4-9-14)12-7-13-17(18)19(25-26-20)15-10-5-2-6-11-15/h1-13H,(H4,22,23,24,26). The Morgan fingerprint density at radius 1 is 0.692 bits per heavy atom. The number of nitrogens with zero attached hydrogens (tertiary/aromatic N) is 3. The SMILES string of the molecule is NC(N)=Nc1nnc(-c2ccccc2)c2cccc(-c3ccccc3)c12. The van der Waals surface area contributed by atoms with Gasteiger partial charge in [-0.1, -0.05) is 78.9 Å². The Balaban J connectivity index is 2.09. The third-order valence-electron chi connectivity index (χ3n) is 4.15. The highest BCUT2D eigenvalue weighted by molar-refractivity contribution is 6.08. The van der Waals surface area contributed by atoms with Crippen molar-refractivity contribution in [2.75, 3.05) is 0 Å². The first kappa shape index (κ1) is 15.8. The lowest BCUT2D eigenvalue weighted by atomic mass is 9.96. The quantitative estimate of drug-likeness (QED) is 0.438. The molecule has 1 aromatic heterocycles. The molecule has 0 spiro atoms. The lowest BCUT2D eigenvalue weighted by molar-refractivity contribution is 1.05. The summed E-state index contributed by atoms with van der Waals surface area (Å²) in [7, 11) is 0. The van der Waals surface area contributed by atoms with E-state index in [0.717, 1.165) is 33.2 Å². The maximum atomic E-state index is 5.61. The minimum Gasteiger partial charge on any atom is -0.370 e. The summed E-state index contributed by atoms with van der Waals surface area (Å²) in [5.41, 5.74) is 15.1. The van der Waals surface area contributed by atoms with Crippen molar-refractivity contribution >= 4 is 22.5 Å². The number of aliphatic imine (C=N–C) groups is 1. The average molecular weight is 339 g/mol. The van der Waals surface area contributed by atoms with E-state index < -0.39 is 0 Å². The normalized spacial score (nSPS) is 10.6. The van der Waals surface area contributed by atoms with Crippen LogP contribution in [0.1, 0.15) is 0 Å². The lowest BCUT2D eigenvalue weighted by Gasteiger charge is -2.12. The van der Waals surface area contributed by atoms with Crippen molar-refractivity contribution in [1.29, 1.82) is 0 Å². The van der Waals surface area contributed by atoms with E-state index in [2.05, 4.69) is 27.3 Å². The Kier molecular flexibility index (Phi) is 4.03. The Morgan fingerprint density at radius 3 is 2.00 bits per heavy atom. The van der Waals surface area contributed by atoms with E-state index in [1.165, 1.54) is 0 Å². The number of nitrogens with two attached hydrogens (primary N) is 2. The Morgan fingerprint density at radius 2 is 1.35 bits per heavy atom. The zero-order valence-corrected chi connectivity index (χ0v) is 14.0. The minimum atomic E-state index is -0.0454. The molecule has 0 amide bonds. The summed E-state index contributed by atoms with van der Waals surface area (Å²) in [6, 6.07) is 26.1. The van der Waals surface area contributed by atoms with Crippen LogP contribution in [0.3, 0.4) is 0 Å². The summed E-state index contributed by atoms with van der Waals surface area (Å²) in [5.74, 6) is 0.370. The highest BCUT2D eigenvalue weighted by Crippen LogP contribution is 2.37. The second kappa shape index (κ2) is 6.64. The molecule has 0 bridgehead atoms. The van der Waals surface area contributed by atoms with Gasteiger partial charge in [0.05, 0.1) is 0 Å². The molecule has 0 unspecified atom stereocenters. The van der Waals surface area contributed by atoms with E-state index in [-0.39, 0.29) is 5.96 Å². The smallest absolute Gasteiger partial charge is 0.192 e. The molecular weight excluding hydrogens is 322 g/mol. The van der Waals surface area contributed by atoms with Crippen LogP contribution in [0, 0.1) is 0 Å². The van der Waals surface area contributed by atoms with Gasteiger partial charge in [0.1, 0.15) is 5.69 Å². The summed E-state index contributed by atoms with van der Waals surface area (Å²) in [6.07, 6.45) is 0. The maximum absolute atomic E-state index is 5.61. The van der Waals surface area contributed by atoms with Gasteiger partial charge in [-0.05, 0) is 11.1 Å². The molecule has 4 N–H and O–H groups in total. The number of benzene rings is 3. The number of rotatable bonds is 3. The van der Waals surface area contributed by atoms with Crippen molar-refractivity contribution in [2.45, 2.75) is 0 Å². The molecule has 26 heavy (non-hydrogen) atoms. The van der Waals surface area contributed by atoms with Crippen molar-refractivity contribution < 1.29 is 0 Å². The van der Waals surface area contributed by atoms with Gasteiger partial charge in [0.25, 0.3) is 0 Å². The zero-order valence-electron chi connectivity index (χ0n) is 14.0. The van der Waals surface area contributed by atoms with E-state index in [4.69, 9.17) is 11.5 Å². The molecule has 0 atom stereocenters. The van der Waals surface area contributed by atoms with E-state index in [1.807, 2.05) is 66.7 Å². The Hall–Kier alpha value is -3.73. The average Bonchev–Trinajstić information content (AvgIpc) is 2.69. The summed E-state index contributed by atoms with van der Waals surface area (Å²) >= 11 is 0. The topological polar surface area (TPSA) is 90.2 Å². The summed E-state index contributed by atoms with van der Waals surface area (Å²) in [4.78, 5) is 4.21. The highest BCUT2D eigenvalue weighted by atomic mass is 15.2. The summed E-state index contributed by atoms with van der Waals surface area (Å²) < 4.78 is 0. The van der Waals surface area contributed by atoms with E-state index in [1.54, 1.807) is 0 Å². The van der Waals surface area contributed by atoms with Crippen LogP contribution in [0.4, 0.5) is 5.82 Å². The van der Waals surface area contributed by atoms with Gasteiger partial charge in [0.2, 0.25) is 0 Å². The molecule has 5 heteroatoms. The molecule has 5 nitrogen and oxygen atoms in total. The van der Waals surface area contributed by atoms with Gasteiger partial charge in [-0.3, -0.25) is 0 Å². The van der Waals surface area contributed by atoms with Crippen molar-refractivity contribution in [3.63, 3.8) is 0 Å². The van der Waals surface area contributed by atoms with Crippen LogP contribution >= 0.6 is 0 Å². The maximum Gasteiger partial charge on any atom is 0.192 e. The van der Waals surface area contributed by atoms with E-state index in [0.29, 0.717) is 5.82 Å². The fourth-order valence-corrected chi connectivity index (χ4v) is 3.06. The van der Waals surface area contributed by atoms with Crippen molar-refractivity contribution in [1.82, 2.24) is 10.2 Å². The zero-order chi connectivity index (χ0) is 17.9.